The number of furan rings is 1. The van der Waals surface area contributed by atoms with Gasteiger partial charge in [-0.05, 0) is 37.1 Å². The van der Waals surface area contributed by atoms with E-state index in [0.29, 0.717) is 0 Å². The Morgan fingerprint density at radius 2 is 1.66 bits per heavy atom. The highest BCUT2D eigenvalue weighted by Gasteiger charge is 2.20. The van der Waals surface area contributed by atoms with Gasteiger partial charge >= 0.3 is 0 Å². The third-order valence-electron chi connectivity index (χ3n) is 4.90. The number of nitrogens with one attached hydrogen (secondary N) is 1. The van der Waals surface area contributed by atoms with Crippen molar-refractivity contribution < 1.29 is 22.4 Å². The Bertz CT molecular complexity index is 929. The molecule has 1 N–H and O–H groups in total. The van der Waals surface area contributed by atoms with Crippen LogP contribution in [0.25, 0.3) is 0 Å². The fourth-order valence-corrected chi connectivity index (χ4v) is 4.59. The number of hydrogen-bond acceptors (Lipinski definition) is 5. The highest BCUT2D eigenvalue weighted by Crippen LogP contribution is 2.18. The number of likely N-dealkylation sites (tertiary alicyclic amines) is 1. The quantitative estimate of drug-likeness (QED) is 0.746. The van der Waals surface area contributed by atoms with Crippen molar-refractivity contribution in [2.75, 3.05) is 19.6 Å². The van der Waals surface area contributed by atoms with Crippen molar-refractivity contribution in [1.29, 1.82) is 0 Å². The van der Waals surface area contributed by atoms with E-state index in [4.69, 9.17) is 4.42 Å². The van der Waals surface area contributed by atoms with Gasteiger partial charge in [-0.3, -0.25) is 9.59 Å². The van der Waals surface area contributed by atoms with Crippen LogP contribution in [0, 0.1) is 0 Å². The number of nitrogens with zero attached hydrogens (tertiary/aromatic N) is 1. The predicted octanol–water partition coefficient (Wildman–Crippen LogP) is 2.78. The van der Waals surface area contributed by atoms with Gasteiger partial charge in [0.2, 0.25) is 5.91 Å². The SMILES string of the molecule is O=C(NCCC(=O)N1CCCCCC1)c1ccc(CS(=O)(=O)c2ccccc2)o1. The number of carbonyl (C=O) groups is 2. The van der Waals surface area contributed by atoms with Crippen LogP contribution in [-0.2, 0) is 20.4 Å². The zero-order valence-corrected chi connectivity index (χ0v) is 17.1. The van der Waals surface area contributed by atoms with Crippen LogP contribution in [0.15, 0.2) is 51.8 Å². The zero-order valence-electron chi connectivity index (χ0n) is 16.3. The first kappa shape index (κ1) is 21.1. The van der Waals surface area contributed by atoms with Gasteiger partial charge in [-0.1, -0.05) is 31.0 Å². The molecule has 1 fully saturated rings. The molecule has 156 valence electrons. The highest BCUT2D eigenvalue weighted by molar-refractivity contribution is 7.90. The lowest BCUT2D eigenvalue weighted by atomic mass is 10.2. The molecule has 2 aromatic rings. The minimum Gasteiger partial charge on any atom is -0.455 e. The van der Waals surface area contributed by atoms with Crippen LogP contribution in [0.3, 0.4) is 0 Å². The number of hydrogen-bond donors (Lipinski definition) is 1. The molecule has 1 aromatic heterocycles. The van der Waals surface area contributed by atoms with E-state index in [1.165, 1.54) is 24.3 Å². The van der Waals surface area contributed by atoms with Gasteiger partial charge in [-0.25, -0.2) is 8.42 Å². The molecule has 0 spiro atoms. The van der Waals surface area contributed by atoms with Gasteiger partial charge in [-0.2, -0.15) is 0 Å². The number of benzene rings is 1. The molecule has 0 unspecified atom stereocenters. The first-order valence-corrected chi connectivity index (χ1v) is 11.5. The minimum absolute atomic E-state index is 0.0329. The molecule has 8 heteroatoms. The molecule has 0 radical (unpaired) electrons. The molecule has 0 aliphatic carbocycles. The van der Waals surface area contributed by atoms with Gasteiger partial charge in [0.05, 0.1) is 4.90 Å². The molecule has 29 heavy (non-hydrogen) atoms. The van der Waals surface area contributed by atoms with Gasteiger partial charge in [0, 0.05) is 26.1 Å². The second-order valence-corrected chi connectivity index (χ2v) is 9.13. The highest BCUT2D eigenvalue weighted by atomic mass is 32.2. The fourth-order valence-electron chi connectivity index (χ4n) is 3.32. The Balaban J connectivity index is 1.50. The molecule has 2 heterocycles. The Hall–Kier alpha value is -2.61. The van der Waals surface area contributed by atoms with Gasteiger partial charge in [0.25, 0.3) is 5.91 Å². The normalized spacial score (nSPS) is 15.0. The largest absolute Gasteiger partial charge is 0.455 e. The van der Waals surface area contributed by atoms with Crippen molar-refractivity contribution in [1.82, 2.24) is 10.2 Å². The van der Waals surface area contributed by atoms with Crippen molar-refractivity contribution in [2.45, 2.75) is 42.8 Å². The molecule has 1 aromatic carbocycles. The van der Waals surface area contributed by atoms with E-state index >= 15 is 0 Å². The van der Waals surface area contributed by atoms with E-state index in [0.717, 1.165) is 38.8 Å². The Labute approximate surface area is 171 Å². The second-order valence-electron chi connectivity index (χ2n) is 7.14. The lowest BCUT2D eigenvalue weighted by Crippen LogP contribution is -2.35. The molecule has 1 aliphatic heterocycles. The smallest absolute Gasteiger partial charge is 0.287 e. The summed E-state index contributed by atoms with van der Waals surface area (Å²) >= 11 is 0. The summed E-state index contributed by atoms with van der Waals surface area (Å²) in [4.78, 5) is 26.5. The Kier molecular flexibility index (Phi) is 7.09. The van der Waals surface area contributed by atoms with Crippen molar-refractivity contribution in [3.8, 4) is 0 Å². The van der Waals surface area contributed by atoms with E-state index in [2.05, 4.69) is 5.32 Å². The predicted molar refractivity (Wildman–Crippen MR) is 108 cm³/mol. The first-order valence-electron chi connectivity index (χ1n) is 9.88. The number of rotatable bonds is 7. The van der Waals surface area contributed by atoms with Crippen LogP contribution in [0.4, 0.5) is 0 Å². The molecule has 1 saturated heterocycles. The van der Waals surface area contributed by atoms with Crippen molar-refractivity contribution in [3.05, 3.63) is 54.0 Å². The molecule has 2 amide bonds. The van der Waals surface area contributed by atoms with Crippen LogP contribution >= 0.6 is 0 Å². The molecular formula is C21H26N2O5S. The lowest BCUT2D eigenvalue weighted by molar-refractivity contribution is -0.131. The molecule has 0 atom stereocenters. The first-order chi connectivity index (χ1) is 14.0. The fraction of sp³-hybridized carbons (Fsp3) is 0.429. The van der Waals surface area contributed by atoms with E-state index in [9.17, 15) is 18.0 Å². The number of amides is 2. The van der Waals surface area contributed by atoms with Gasteiger partial charge in [-0.15, -0.1) is 0 Å². The maximum Gasteiger partial charge on any atom is 0.287 e. The van der Waals surface area contributed by atoms with Crippen LogP contribution in [0.1, 0.15) is 48.4 Å². The van der Waals surface area contributed by atoms with Crippen LogP contribution in [0.2, 0.25) is 0 Å². The summed E-state index contributed by atoms with van der Waals surface area (Å²) in [5.41, 5.74) is 0. The minimum atomic E-state index is -3.54. The summed E-state index contributed by atoms with van der Waals surface area (Å²) in [5, 5.41) is 2.66. The number of carbonyl (C=O) groups excluding carboxylic acids is 2. The average molecular weight is 419 g/mol. The topological polar surface area (TPSA) is 96.7 Å². The summed E-state index contributed by atoms with van der Waals surface area (Å²) in [6.07, 6.45) is 4.60. The van der Waals surface area contributed by atoms with Gasteiger partial charge < -0.3 is 14.6 Å². The van der Waals surface area contributed by atoms with Crippen molar-refractivity contribution in [2.24, 2.45) is 0 Å². The third-order valence-corrected chi connectivity index (χ3v) is 6.56. The molecule has 1 aliphatic rings. The Morgan fingerprint density at radius 1 is 0.966 bits per heavy atom. The summed E-state index contributed by atoms with van der Waals surface area (Å²) < 4.78 is 30.2. The monoisotopic (exact) mass is 418 g/mol. The van der Waals surface area contributed by atoms with E-state index in [-0.39, 0.29) is 41.0 Å². The maximum atomic E-state index is 12.4. The van der Waals surface area contributed by atoms with Crippen molar-refractivity contribution in [3.63, 3.8) is 0 Å². The van der Waals surface area contributed by atoms with Crippen LogP contribution in [0.5, 0.6) is 0 Å². The van der Waals surface area contributed by atoms with E-state index in [1.807, 2.05) is 4.90 Å². The van der Waals surface area contributed by atoms with E-state index < -0.39 is 15.7 Å². The average Bonchev–Trinajstić information content (AvgIpc) is 2.99. The van der Waals surface area contributed by atoms with Crippen molar-refractivity contribution >= 4 is 21.7 Å². The maximum absolute atomic E-state index is 12.4. The molecule has 3 rings (SSSR count). The number of sulfone groups is 1. The molecular weight excluding hydrogens is 392 g/mol. The van der Waals surface area contributed by atoms with E-state index in [1.54, 1.807) is 18.2 Å². The van der Waals surface area contributed by atoms with Crippen LogP contribution < -0.4 is 5.32 Å². The van der Waals surface area contributed by atoms with Crippen LogP contribution in [-0.4, -0.2) is 44.8 Å². The summed E-state index contributed by atoms with van der Waals surface area (Å²) in [6, 6.07) is 11.0. The molecule has 0 bridgehead atoms. The lowest BCUT2D eigenvalue weighted by Gasteiger charge is -2.20. The standard InChI is InChI=1S/C21H26N2O5S/c24-20(23-14-6-1-2-7-15-23)12-13-22-21(25)19-11-10-17(28-19)16-29(26,27)18-8-4-3-5-9-18/h3-5,8-11H,1-2,6-7,12-16H2,(H,22,25). The Morgan fingerprint density at radius 3 is 2.34 bits per heavy atom. The molecule has 7 nitrogen and oxygen atoms in total. The third kappa shape index (κ3) is 5.93. The van der Waals surface area contributed by atoms with Gasteiger partial charge in [0.15, 0.2) is 15.6 Å². The van der Waals surface area contributed by atoms with Gasteiger partial charge in [0.1, 0.15) is 11.5 Å². The summed E-state index contributed by atoms with van der Waals surface area (Å²) in [5.74, 6) is -0.513. The summed E-state index contributed by atoms with van der Waals surface area (Å²) in [6.45, 7) is 1.78. The second kappa shape index (κ2) is 9.73. The molecule has 0 saturated carbocycles. The summed E-state index contributed by atoms with van der Waals surface area (Å²) in [7, 11) is -3.54. The zero-order chi connectivity index (χ0) is 20.7.